The van der Waals surface area contributed by atoms with E-state index >= 15 is 0 Å². The van der Waals surface area contributed by atoms with Crippen LogP contribution in [-0.4, -0.2) is 16.5 Å². The van der Waals surface area contributed by atoms with E-state index in [4.69, 9.17) is 10.5 Å². The van der Waals surface area contributed by atoms with Crippen LogP contribution in [0.25, 0.3) is 0 Å². The number of rotatable bonds is 6. The van der Waals surface area contributed by atoms with Crippen molar-refractivity contribution in [1.82, 2.24) is 9.36 Å². The second-order valence-corrected chi connectivity index (χ2v) is 4.95. The Bertz CT molecular complexity index is 541. The molecule has 0 saturated heterocycles. The van der Waals surface area contributed by atoms with Crippen molar-refractivity contribution in [2.45, 2.75) is 26.3 Å². The summed E-state index contributed by atoms with van der Waals surface area (Å²) in [6.45, 7) is 2.79. The number of methoxy groups -OCH3 is 1. The predicted octanol–water partition coefficient (Wildman–Crippen LogP) is 2.69. The Morgan fingerprint density at radius 3 is 2.95 bits per heavy atom. The first-order valence-electron chi connectivity index (χ1n) is 6.21. The molecule has 0 radical (unpaired) electrons. The Hall–Kier alpha value is -1.82. The molecule has 102 valence electrons. The maximum absolute atomic E-state index is 5.87. The lowest BCUT2D eigenvalue weighted by molar-refractivity contribution is 0.417. The summed E-state index contributed by atoms with van der Waals surface area (Å²) in [4.78, 5) is 4.41. The molecule has 0 aliphatic rings. The second-order valence-electron chi connectivity index (χ2n) is 4.20. The summed E-state index contributed by atoms with van der Waals surface area (Å²) in [5, 5.41) is 4.10. The Kier molecular flexibility index (Phi) is 4.57. The second kappa shape index (κ2) is 6.38. The average Bonchev–Trinajstić information content (AvgIpc) is 2.85. The van der Waals surface area contributed by atoms with Crippen LogP contribution < -0.4 is 15.8 Å². The molecule has 0 saturated carbocycles. The standard InChI is InChI=1S/C13H18N4OS/c1-3-4-12-16-13(19-17-12)15-8-9-5-6-11(18-2)10(14)7-9/h5-7H,3-4,8,14H2,1-2H3,(H,15,16,17). The Labute approximate surface area is 117 Å². The molecular weight excluding hydrogens is 260 g/mol. The third kappa shape index (κ3) is 3.57. The minimum atomic E-state index is 0.644. The number of nitrogen functional groups attached to an aromatic ring is 1. The Morgan fingerprint density at radius 2 is 2.26 bits per heavy atom. The van der Waals surface area contributed by atoms with Gasteiger partial charge in [0.2, 0.25) is 5.13 Å². The van der Waals surface area contributed by atoms with Crippen LogP contribution in [0.2, 0.25) is 0 Å². The molecule has 1 heterocycles. The molecule has 0 amide bonds. The van der Waals surface area contributed by atoms with Crippen molar-refractivity contribution in [3.05, 3.63) is 29.6 Å². The van der Waals surface area contributed by atoms with Crippen molar-refractivity contribution in [2.24, 2.45) is 0 Å². The molecule has 3 N–H and O–H groups in total. The Balaban J connectivity index is 1.95. The van der Waals surface area contributed by atoms with Crippen LogP contribution >= 0.6 is 11.5 Å². The van der Waals surface area contributed by atoms with E-state index in [0.29, 0.717) is 18.0 Å². The van der Waals surface area contributed by atoms with E-state index in [9.17, 15) is 0 Å². The molecular formula is C13H18N4OS. The largest absolute Gasteiger partial charge is 0.495 e. The fraction of sp³-hybridized carbons (Fsp3) is 0.385. The molecule has 0 aliphatic heterocycles. The van der Waals surface area contributed by atoms with Gasteiger partial charge in [0, 0.05) is 24.5 Å². The number of aryl methyl sites for hydroxylation is 1. The normalized spacial score (nSPS) is 10.4. The molecule has 1 aromatic carbocycles. The number of nitrogens with one attached hydrogen (secondary N) is 1. The van der Waals surface area contributed by atoms with Gasteiger partial charge in [-0.3, -0.25) is 0 Å². The first-order chi connectivity index (χ1) is 9.22. The van der Waals surface area contributed by atoms with E-state index in [-0.39, 0.29) is 0 Å². The maximum Gasteiger partial charge on any atom is 0.202 e. The summed E-state index contributed by atoms with van der Waals surface area (Å²) in [5.74, 6) is 1.61. The van der Waals surface area contributed by atoms with Crippen LogP contribution in [0.4, 0.5) is 10.8 Å². The van der Waals surface area contributed by atoms with Crippen molar-refractivity contribution in [3.63, 3.8) is 0 Å². The fourth-order valence-electron chi connectivity index (χ4n) is 1.72. The molecule has 0 fully saturated rings. The van der Waals surface area contributed by atoms with Gasteiger partial charge in [-0.25, -0.2) is 4.98 Å². The predicted molar refractivity (Wildman–Crippen MR) is 78.6 cm³/mol. The molecule has 0 atom stereocenters. The minimum Gasteiger partial charge on any atom is -0.495 e. The van der Waals surface area contributed by atoms with Gasteiger partial charge >= 0.3 is 0 Å². The molecule has 0 aliphatic carbocycles. The van der Waals surface area contributed by atoms with Crippen LogP contribution in [0.3, 0.4) is 0 Å². The summed E-state index contributed by atoms with van der Waals surface area (Å²) >= 11 is 1.39. The minimum absolute atomic E-state index is 0.644. The van der Waals surface area contributed by atoms with Crippen LogP contribution in [0.1, 0.15) is 24.7 Å². The van der Waals surface area contributed by atoms with Gasteiger partial charge < -0.3 is 15.8 Å². The molecule has 0 unspecified atom stereocenters. The molecule has 2 aromatic rings. The van der Waals surface area contributed by atoms with Crippen molar-refractivity contribution in [2.75, 3.05) is 18.2 Å². The molecule has 0 spiro atoms. The molecule has 2 rings (SSSR count). The van der Waals surface area contributed by atoms with Gasteiger partial charge in [0.1, 0.15) is 11.6 Å². The highest BCUT2D eigenvalue weighted by molar-refractivity contribution is 7.09. The lowest BCUT2D eigenvalue weighted by Crippen LogP contribution is -2.01. The summed E-state index contributed by atoms with van der Waals surface area (Å²) in [5.41, 5.74) is 7.60. The first kappa shape index (κ1) is 13.6. The van der Waals surface area contributed by atoms with Crippen molar-refractivity contribution >= 4 is 22.4 Å². The van der Waals surface area contributed by atoms with Gasteiger partial charge in [0.25, 0.3) is 0 Å². The number of hydrogen-bond donors (Lipinski definition) is 2. The van der Waals surface area contributed by atoms with Gasteiger partial charge in [-0.1, -0.05) is 13.0 Å². The number of aromatic nitrogens is 2. The number of anilines is 2. The smallest absolute Gasteiger partial charge is 0.202 e. The highest BCUT2D eigenvalue weighted by atomic mass is 32.1. The van der Waals surface area contributed by atoms with E-state index in [1.54, 1.807) is 7.11 Å². The molecule has 0 bridgehead atoms. The highest BCUT2D eigenvalue weighted by Gasteiger charge is 2.04. The molecule has 19 heavy (non-hydrogen) atoms. The number of nitrogens with two attached hydrogens (primary N) is 1. The average molecular weight is 278 g/mol. The zero-order valence-electron chi connectivity index (χ0n) is 11.1. The zero-order valence-corrected chi connectivity index (χ0v) is 12.0. The number of benzene rings is 1. The van der Waals surface area contributed by atoms with E-state index in [1.807, 2.05) is 18.2 Å². The lowest BCUT2D eigenvalue weighted by Gasteiger charge is -2.07. The van der Waals surface area contributed by atoms with Crippen LogP contribution in [0.5, 0.6) is 5.75 Å². The number of hydrogen-bond acceptors (Lipinski definition) is 6. The zero-order chi connectivity index (χ0) is 13.7. The maximum atomic E-state index is 5.87. The topological polar surface area (TPSA) is 73.1 Å². The number of nitrogens with zero attached hydrogens (tertiary/aromatic N) is 2. The van der Waals surface area contributed by atoms with Gasteiger partial charge in [0.15, 0.2) is 0 Å². The van der Waals surface area contributed by atoms with Gasteiger partial charge in [-0.2, -0.15) is 4.37 Å². The van der Waals surface area contributed by atoms with Gasteiger partial charge in [-0.15, -0.1) is 0 Å². The Morgan fingerprint density at radius 1 is 1.42 bits per heavy atom. The summed E-state index contributed by atoms with van der Waals surface area (Å²) < 4.78 is 9.41. The van der Waals surface area contributed by atoms with E-state index < -0.39 is 0 Å². The van der Waals surface area contributed by atoms with Gasteiger partial charge in [-0.05, 0) is 24.1 Å². The quantitative estimate of drug-likeness (QED) is 0.795. The van der Waals surface area contributed by atoms with Crippen molar-refractivity contribution < 1.29 is 4.74 Å². The van der Waals surface area contributed by atoms with Crippen LogP contribution in [0, 0.1) is 0 Å². The van der Waals surface area contributed by atoms with E-state index in [1.165, 1.54) is 11.5 Å². The number of ether oxygens (including phenoxy) is 1. The third-order valence-electron chi connectivity index (χ3n) is 2.68. The van der Waals surface area contributed by atoms with Crippen LogP contribution in [-0.2, 0) is 13.0 Å². The fourth-order valence-corrected chi connectivity index (χ4v) is 2.33. The third-order valence-corrected chi connectivity index (χ3v) is 3.39. The van der Waals surface area contributed by atoms with E-state index in [0.717, 1.165) is 29.4 Å². The molecule has 6 heteroatoms. The molecule has 1 aromatic heterocycles. The van der Waals surface area contributed by atoms with Crippen LogP contribution in [0.15, 0.2) is 18.2 Å². The van der Waals surface area contributed by atoms with Gasteiger partial charge in [0.05, 0.1) is 12.8 Å². The van der Waals surface area contributed by atoms with E-state index in [2.05, 4.69) is 21.6 Å². The summed E-state index contributed by atoms with van der Waals surface area (Å²) in [7, 11) is 1.61. The summed E-state index contributed by atoms with van der Waals surface area (Å²) in [6, 6.07) is 5.75. The van der Waals surface area contributed by atoms with Crippen molar-refractivity contribution in [3.8, 4) is 5.75 Å². The molecule has 5 nitrogen and oxygen atoms in total. The lowest BCUT2D eigenvalue weighted by atomic mass is 10.2. The summed E-state index contributed by atoms with van der Waals surface area (Å²) in [6.07, 6.45) is 1.98. The SMILES string of the molecule is CCCc1nsc(NCc2ccc(OC)c(N)c2)n1. The first-order valence-corrected chi connectivity index (χ1v) is 6.99. The monoisotopic (exact) mass is 278 g/mol. The van der Waals surface area contributed by atoms with Crippen molar-refractivity contribution in [1.29, 1.82) is 0 Å². The highest BCUT2D eigenvalue weighted by Crippen LogP contribution is 2.22.